The topological polar surface area (TPSA) is 15.7 Å². The number of benzene rings is 1. The highest BCUT2D eigenvalue weighted by Gasteiger charge is 2.37. The Morgan fingerprint density at radius 3 is 2.83 bits per heavy atom. The molecule has 2 unspecified atom stereocenters. The zero-order valence-electron chi connectivity index (χ0n) is 11.1. The van der Waals surface area contributed by atoms with Gasteiger partial charge in [-0.15, -0.1) is 0 Å². The highest BCUT2D eigenvalue weighted by Crippen LogP contribution is 2.47. The van der Waals surface area contributed by atoms with Crippen molar-refractivity contribution in [2.24, 2.45) is 0 Å². The van der Waals surface area contributed by atoms with E-state index >= 15 is 0 Å². The normalized spacial score (nSPS) is 27.0. The number of ether oxygens (including phenoxy) is 1. The van der Waals surface area contributed by atoms with Crippen LogP contribution in [0.1, 0.15) is 24.3 Å². The van der Waals surface area contributed by atoms with E-state index < -0.39 is 0 Å². The smallest absolute Gasteiger partial charge is 0.120 e. The first kappa shape index (κ1) is 12.3. The lowest BCUT2D eigenvalue weighted by atomic mass is 9.83. The van der Waals surface area contributed by atoms with Crippen molar-refractivity contribution in [3.63, 3.8) is 0 Å². The third-order valence-electron chi connectivity index (χ3n) is 4.38. The Morgan fingerprint density at radius 2 is 2.11 bits per heavy atom. The molecule has 0 saturated carbocycles. The first-order valence-electron chi connectivity index (χ1n) is 6.42. The van der Waals surface area contributed by atoms with Gasteiger partial charge in [-0.2, -0.15) is 0 Å². The van der Waals surface area contributed by atoms with Gasteiger partial charge < -0.3 is 9.64 Å². The van der Waals surface area contributed by atoms with Gasteiger partial charge in [0.2, 0.25) is 0 Å². The van der Waals surface area contributed by atoms with Crippen molar-refractivity contribution in [2.45, 2.75) is 24.9 Å². The van der Waals surface area contributed by atoms with Crippen LogP contribution in [0.3, 0.4) is 0 Å². The Morgan fingerprint density at radius 1 is 1.33 bits per heavy atom. The number of hydrogen-bond donors (Lipinski definition) is 0. The maximum atomic E-state index is 5.40. The Labute approximate surface area is 117 Å². The molecule has 3 nitrogen and oxygen atoms in total. The zero-order chi connectivity index (χ0) is 12.9. The molecule has 0 radical (unpaired) electrons. The summed E-state index contributed by atoms with van der Waals surface area (Å²) in [7, 11) is 6.15. The van der Waals surface area contributed by atoms with Gasteiger partial charge in [0.25, 0.3) is 0 Å². The minimum atomic E-state index is 0.529. The number of rotatable bonds is 1. The van der Waals surface area contributed by atoms with E-state index in [1.54, 1.807) is 7.11 Å². The highest BCUT2D eigenvalue weighted by molar-refractivity contribution is 9.10. The SMILES string of the molecule is COc1cc(Br)c2c(c1)C1CCN(C)C(C1)N2C. The van der Waals surface area contributed by atoms with Gasteiger partial charge in [0.05, 0.1) is 19.0 Å². The minimum Gasteiger partial charge on any atom is -0.497 e. The molecule has 4 heteroatoms. The lowest BCUT2D eigenvalue weighted by Gasteiger charge is -2.48. The van der Waals surface area contributed by atoms with Crippen molar-refractivity contribution in [3.05, 3.63) is 22.2 Å². The maximum Gasteiger partial charge on any atom is 0.120 e. The molecule has 0 N–H and O–H groups in total. The largest absolute Gasteiger partial charge is 0.497 e. The fourth-order valence-electron chi connectivity index (χ4n) is 3.34. The molecule has 3 rings (SSSR count). The van der Waals surface area contributed by atoms with Gasteiger partial charge in [0.1, 0.15) is 5.75 Å². The van der Waals surface area contributed by atoms with Crippen molar-refractivity contribution >= 4 is 21.6 Å². The van der Waals surface area contributed by atoms with Crippen LogP contribution in [-0.2, 0) is 0 Å². The van der Waals surface area contributed by atoms with Crippen LogP contribution in [0.25, 0.3) is 0 Å². The van der Waals surface area contributed by atoms with Crippen LogP contribution in [0, 0.1) is 0 Å². The molecular weight excluding hydrogens is 292 g/mol. The minimum absolute atomic E-state index is 0.529. The Balaban J connectivity index is 2.13. The molecule has 0 aromatic heterocycles. The molecule has 2 aliphatic rings. The first-order valence-corrected chi connectivity index (χ1v) is 7.21. The Hall–Kier alpha value is -0.740. The summed E-state index contributed by atoms with van der Waals surface area (Å²) in [6.45, 7) is 1.17. The highest BCUT2D eigenvalue weighted by atomic mass is 79.9. The van der Waals surface area contributed by atoms with Crippen molar-refractivity contribution in [1.29, 1.82) is 0 Å². The second kappa shape index (κ2) is 4.42. The predicted octanol–water partition coefficient (Wildman–Crippen LogP) is 3.04. The summed E-state index contributed by atoms with van der Waals surface area (Å²) in [6, 6.07) is 4.28. The van der Waals surface area contributed by atoms with E-state index in [4.69, 9.17) is 4.74 Å². The summed E-state index contributed by atoms with van der Waals surface area (Å²) < 4.78 is 6.54. The quantitative estimate of drug-likeness (QED) is 0.793. The third-order valence-corrected chi connectivity index (χ3v) is 4.98. The second-order valence-electron chi connectivity index (χ2n) is 5.34. The molecule has 98 valence electrons. The molecule has 1 aromatic rings. The zero-order valence-corrected chi connectivity index (χ0v) is 12.7. The monoisotopic (exact) mass is 310 g/mol. The van der Waals surface area contributed by atoms with Gasteiger partial charge in [-0.3, -0.25) is 4.90 Å². The van der Waals surface area contributed by atoms with E-state index in [1.807, 2.05) is 0 Å². The van der Waals surface area contributed by atoms with Crippen molar-refractivity contribution in [3.8, 4) is 5.75 Å². The summed E-state index contributed by atoms with van der Waals surface area (Å²) in [5.74, 6) is 1.62. The maximum absolute atomic E-state index is 5.40. The molecule has 1 aromatic carbocycles. The number of halogens is 1. The van der Waals surface area contributed by atoms with Crippen LogP contribution in [0.4, 0.5) is 5.69 Å². The third kappa shape index (κ3) is 1.74. The van der Waals surface area contributed by atoms with Crippen LogP contribution in [-0.4, -0.2) is 38.8 Å². The lowest BCUT2D eigenvalue weighted by molar-refractivity contribution is 0.159. The molecule has 2 bridgehead atoms. The second-order valence-corrected chi connectivity index (χ2v) is 6.19. The van der Waals surface area contributed by atoms with E-state index in [9.17, 15) is 0 Å². The van der Waals surface area contributed by atoms with Gasteiger partial charge in [-0.05, 0) is 59.4 Å². The number of hydrogen-bond acceptors (Lipinski definition) is 3. The molecule has 2 aliphatic heterocycles. The van der Waals surface area contributed by atoms with Gasteiger partial charge in [-0.25, -0.2) is 0 Å². The van der Waals surface area contributed by atoms with E-state index in [1.165, 1.54) is 30.6 Å². The van der Waals surface area contributed by atoms with Gasteiger partial charge in [-0.1, -0.05) is 0 Å². The number of anilines is 1. The number of fused-ring (bicyclic) bond motifs is 4. The molecular formula is C14H19BrN2O. The molecule has 0 spiro atoms. The fraction of sp³-hybridized carbons (Fsp3) is 0.571. The molecule has 2 atom stereocenters. The van der Waals surface area contributed by atoms with E-state index in [2.05, 4.69) is 52.0 Å². The van der Waals surface area contributed by atoms with Crippen molar-refractivity contribution in [2.75, 3.05) is 32.6 Å². The van der Waals surface area contributed by atoms with Crippen LogP contribution >= 0.6 is 15.9 Å². The first-order chi connectivity index (χ1) is 8.61. The summed E-state index contributed by atoms with van der Waals surface area (Å²) >= 11 is 3.70. The standard InChI is InChI=1S/C14H19BrN2O/c1-16-5-4-9-6-13(16)17(2)14-11(9)7-10(18-3)8-12(14)15/h7-9,13H,4-6H2,1-3H3. The number of nitrogens with zero attached hydrogens (tertiary/aromatic N) is 2. The molecule has 18 heavy (non-hydrogen) atoms. The van der Waals surface area contributed by atoms with Gasteiger partial charge >= 0.3 is 0 Å². The molecule has 1 saturated heterocycles. The van der Waals surface area contributed by atoms with Crippen LogP contribution in [0.15, 0.2) is 16.6 Å². The van der Waals surface area contributed by atoms with Crippen LogP contribution < -0.4 is 9.64 Å². The lowest BCUT2D eigenvalue weighted by Crippen LogP contribution is -2.52. The van der Waals surface area contributed by atoms with Gasteiger partial charge in [0.15, 0.2) is 0 Å². The number of methoxy groups -OCH3 is 1. The average molecular weight is 311 g/mol. The van der Waals surface area contributed by atoms with Crippen molar-refractivity contribution in [1.82, 2.24) is 4.90 Å². The summed E-state index contributed by atoms with van der Waals surface area (Å²) in [4.78, 5) is 4.85. The number of piperidine rings is 1. The Bertz CT molecular complexity index is 477. The molecule has 2 heterocycles. The average Bonchev–Trinajstić information content (AvgIpc) is 2.37. The van der Waals surface area contributed by atoms with Crippen LogP contribution in [0.2, 0.25) is 0 Å². The fourth-order valence-corrected chi connectivity index (χ4v) is 4.08. The van der Waals surface area contributed by atoms with E-state index in [-0.39, 0.29) is 0 Å². The summed E-state index contributed by atoms with van der Waals surface area (Å²) in [6.07, 6.45) is 2.99. The van der Waals surface area contributed by atoms with E-state index in [0.29, 0.717) is 12.1 Å². The van der Waals surface area contributed by atoms with Crippen molar-refractivity contribution < 1.29 is 4.74 Å². The molecule has 0 aliphatic carbocycles. The summed E-state index contributed by atoms with van der Waals surface area (Å²) in [5.41, 5.74) is 2.77. The van der Waals surface area contributed by atoms with Gasteiger partial charge in [0, 0.05) is 18.1 Å². The van der Waals surface area contributed by atoms with Crippen LogP contribution in [0.5, 0.6) is 5.75 Å². The van der Waals surface area contributed by atoms with E-state index in [0.717, 1.165) is 10.2 Å². The predicted molar refractivity (Wildman–Crippen MR) is 77.5 cm³/mol. The molecule has 1 fully saturated rings. The molecule has 0 amide bonds. The number of likely N-dealkylation sites (tertiary alicyclic amines) is 1. The Kier molecular flexibility index (Phi) is 3.02. The summed E-state index contributed by atoms with van der Waals surface area (Å²) in [5, 5.41) is 0.